The number of rotatable bonds is 4. The van der Waals surface area contributed by atoms with Gasteiger partial charge in [0, 0.05) is 18.1 Å². The fourth-order valence-corrected chi connectivity index (χ4v) is 3.53. The third-order valence-corrected chi connectivity index (χ3v) is 5.25. The van der Waals surface area contributed by atoms with E-state index in [1.165, 1.54) is 0 Å². The van der Waals surface area contributed by atoms with Gasteiger partial charge in [-0.05, 0) is 38.1 Å². The molecule has 116 valence electrons. The van der Waals surface area contributed by atoms with Crippen LogP contribution in [-0.4, -0.2) is 37.2 Å². The first-order chi connectivity index (χ1) is 9.29. The topological polar surface area (TPSA) is 50.4 Å². The molecule has 0 radical (unpaired) electrons. The highest BCUT2D eigenvalue weighted by Crippen LogP contribution is 2.43. The first kappa shape index (κ1) is 15.8. The highest BCUT2D eigenvalue weighted by Gasteiger charge is 2.50. The summed E-state index contributed by atoms with van der Waals surface area (Å²) >= 11 is 0. The number of hydrogen-bond acceptors (Lipinski definition) is 3. The molecule has 1 saturated heterocycles. The zero-order valence-electron chi connectivity index (χ0n) is 13.6. The van der Waals surface area contributed by atoms with Crippen molar-refractivity contribution in [3.05, 3.63) is 0 Å². The van der Waals surface area contributed by atoms with Crippen LogP contribution in [0.25, 0.3) is 0 Å². The molecule has 2 fully saturated rings. The quantitative estimate of drug-likeness (QED) is 0.830. The van der Waals surface area contributed by atoms with E-state index in [0.717, 1.165) is 32.4 Å². The average Bonchev–Trinajstić information content (AvgIpc) is 2.36. The minimum Gasteiger partial charge on any atom is -0.378 e. The Balaban J connectivity index is 1.92. The van der Waals surface area contributed by atoms with E-state index in [4.69, 9.17) is 4.74 Å². The lowest BCUT2D eigenvalue weighted by atomic mass is 9.64. The molecule has 4 nitrogen and oxygen atoms in total. The Labute approximate surface area is 123 Å². The molecule has 2 rings (SSSR count). The Kier molecular flexibility index (Phi) is 4.45. The molecule has 1 amide bonds. The standard InChI is InChI=1S/C16H30N2O2/c1-6-20-12-10-11(16(12,4)5)18-14(19)13-15(2,3)8-7-9-17-13/h11-13,17H,6-10H2,1-5H3,(H,18,19). The third kappa shape index (κ3) is 2.86. The number of nitrogens with one attached hydrogen (secondary N) is 2. The molecule has 2 aliphatic rings. The van der Waals surface area contributed by atoms with Crippen LogP contribution in [0.1, 0.15) is 53.9 Å². The lowest BCUT2D eigenvalue weighted by Gasteiger charge is -2.52. The van der Waals surface area contributed by atoms with Crippen LogP contribution in [0.3, 0.4) is 0 Å². The summed E-state index contributed by atoms with van der Waals surface area (Å²) in [6, 6.07) is 0.157. The Bertz CT molecular complexity index is 365. The molecule has 20 heavy (non-hydrogen) atoms. The van der Waals surface area contributed by atoms with Crippen molar-refractivity contribution in [2.45, 2.75) is 72.1 Å². The van der Waals surface area contributed by atoms with E-state index in [2.05, 4.69) is 38.3 Å². The van der Waals surface area contributed by atoms with Crippen molar-refractivity contribution in [3.8, 4) is 0 Å². The smallest absolute Gasteiger partial charge is 0.237 e. The molecule has 0 aromatic rings. The summed E-state index contributed by atoms with van der Waals surface area (Å²) in [5.74, 6) is 0.155. The van der Waals surface area contributed by atoms with E-state index in [1.807, 2.05) is 6.92 Å². The maximum atomic E-state index is 12.6. The van der Waals surface area contributed by atoms with Gasteiger partial charge in [0.15, 0.2) is 0 Å². The van der Waals surface area contributed by atoms with Crippen LogP contribution in [-0.2, 0) is 9.53 Å². The minimum atomic E-state index is -0.0711. The van der Waals surface area contributed by atoms with Gasteiger partial charge in [-0.25, -0.2) is 0 Å². The molecule has 3 unspecified atom stereocenters. The Hall–Kier alpha value is -0.610. The number of hydrogen-bond donors (Lipinski definition) is 2. The van der Waals surface area contributed by atoms with Crippen molar-refractivity contribution in [2.24, 2.45) is 10.8 Å². The van der Waals surface area contributed by atoms with Gasteiger partial charge < -0.3 is 15.4 Å². The minimum absolute atomic E-state index is 0.0322. The molecule has 0 aromatic heterocycles. The average molecular weight is 282 g/mol. The van der Waals surface area contributed by atoms with Gasteiger partial charge in [0.05, 0.1) is 12.1 Å². The van der Waals surface area contributed by atoms with Crippen molar-refractivity contribution < 1.29 is 9.53 Å². The van der Waals surface area contributed by atoms with E-state index >= 15 is 0 Å². The Morgan fingerprint density at radius 3 is 2.60 bits per heavy atom. The third-order valence-electron chi connectivity index (χ3n) is 5.25. The number of carbonyl (C=O) groups excluding carboxylic acids is 1. The van der Waals surface area contributed by atoms with E-state index in [1.54, 1.807) is 0 Å². The summed E-state index contributed by atoms with van der Waals surface area (Å²) in [5.41, 5.74) is 0.0695. The maximum Gasteiger partial charge on any atom is 0.237 e. The first-order valence-electron chi connectivity index (χ1n) is 7.94. The van der Waals surface area contributed by atoms with Crippen molar-refractivity contribution in [1.82, 2.24) is 10.6 Å². The van der Waals surface area contributed by atoms with Crippen LogP contribution in [0.2, 0.25) is 0 Å². The summed E-state index contributed by atoms with van der Waals surface area (Å²) in [7, 11) is 0. The summed E-state index contributed by atoms with van der Waals surface area (Å²) in [5, 5.41) is 6.62. The first-order valence-corrected chi connectivity index (χ1v) is 7.94. The molecule has 1 saturated carbocycles. The highest BCUT2D eigenvalue weighted by molar-refractivity contribution is 5.83. The monoisotopic (exact) mass is 282 g/mol. The second-order valence-electron chi connectivity index (χ2n) is 7.54. The highest BCUT2D eigenvalue weighted by atomic mass is 16.5. The van der Waals surface area contributed by atoms with Crippen LogP contribution in [0.4, 0.5) is 0 Å². The molecule has 0 spiro atoms. The molecule has 4 heteroatoms. The maximum absolute atomic E-state index is 12.6. The second kappa shape index (κ2) is 5.64. The molecule has 1 heterocycles. The molecular weight excluding hydrogens is 252 g/mol. The van der Waals surface area contributed by atoms with Crippen LogP contribution in [0.5, 0.6) is 0 Å². The van der Waals surface area contributed by atoms with Gasteiger partial charge in [-0.3, -0.25) is 4.79 Å². The summed E-state index contributed by atoms with van der Waals surface area (Å²) in [6.07, 6.45) is 3.45. The summed E-state index contributed by atoms with van der Waals surface area (Å²) in [4.78, 5) is 12.6. The number of piperidine rings is 1. The second-order valence-corrected chi connectivity index (χ2v) is 7.54. The van der Waals surface area contributed by atoms with Crippen molar-refractivity contribution in [1.29, 1.82) is 0 Å². The molecule has 2 N–H and O–H groups in total. The van der Waals surface area contributed by atoms with E-state index in [-0.39, 0.29) is 34.9 Å². The van der Waals surface area contributed by atoms with Gasteiger partial charge in [-0.15, -0.1) is 0 Å². The van der Waals surface area contributed by atoms with E-state index in [0.29, 0.717) is 0 Å². The van der Waals surface area contributed by atoms with Gasteiger partial charge in [0.1, 0.15) is 0 Å². The van der Waals surface area contributed by atoms with E-state index < -0.39 is 0 Å². The van der Waals surface area contributed by atoms with Crippen LogP contribution >= 0.6 is 0 Å². The van der Waals surface area contributed by atoms with Crippen molar-refractivity contribution >= 4 is 5.91 Å². The summed E-state index contributed by atoms with van der Waals surface area (Å²) < 4.78 is 5.72. The fraction of sp³-hybridized carbons (Fsp3) is 0.938. The predicted molar refractivity (Wildman–Crippen MR) is 80.5 cm³/mol. The largest absolute Gasteiger partial charge is 0.378 e. The van der Waals surface area contributed by atoms with Gasteiger partial charge in [0.25, 0.3) is 0 Å². The molecule has 1 aliphatic heterocycles. The molecule has 1 aliphatic carbocycles. The molecule has 3 atom stereocenters. The van der Waals surface area contributed by atoms with Gasteiger partial charge in [-0.2, -0.15) is 0 Å². The number of ether oxygens (including phenoxy) is 1. The molecule has 0 bridgehead atoms. The molecule has 0 aromatic carbocycles. The lowest BCUT2D eigenvalue weighted by molar-refractivity contribution is -0.141. The van der Waals surface area contributed by atoms with Gasteiger partial charge >= 0.3 is 0 Å². The van der Waals surface area contributed by atoms with E-state index in [9.17, 15) is 4.79 Å². The number of amides is 1. The molecular formula is C16H30N2O2. The van der Waals surface area contributed by atoms with Gasteiger partial charge in [0.2, 0.25) is 5.91 Å². The summed E-state index contributed by atoms with van der Waals surface area (Å²) in [6.45, 7) is 12.4. The van der Waals surface area contributed by atoms with Crippen LogP contribution in [0, 0.1) is 10.8 Å². The van der Waals surface area contributed by atoms with Gasteiger partial charge in [-0.1, -0.05) is 27.7 Å². The fourth-order valence-electron chi connectivity index (χ4n) is 3.53. The zero-order valence-corrected chi connectivity index (χ0v) is 13.6. The predicted octanol–water partition coefficient (Wildman–Crippen LogP) is 2.08. The van der Waals surface area contributed by atoms with Crippen LogP contribution in [0.15, 0.2) is 0 Å². The van der Waals surface area contributed by atoms with Crippen molar-refractivity contribution in [3.63, 3.8) is 0 Å². The van der Waals surface area contributed by atoms with Crippen LogP contribution < -0.4 is 10.6 Å². The van der Waals surface area contributed by atoms with Crippen molar-refractivity contribution in [2.75, 3.05) is 13.2 Å². The lowest BCUT2D eigenvalue weighted by Crippen LogP contribution is -2.65. The normalized spacial score (nSPS) is 35.1. The number of carbonyl (C=O) groups is 1. The Morgan fingerprint density at radius 2 is 2.05 bits per heavy atom. The SMILES string of the molecule is CCOC1CC(NC(=O)C2NCCCC2(C)C)C1(C)C. The Morgan fingerprint density at radius 1 is 1.35 bits per heavy atom. The zero-order chi connectivity index (χ0) is 15.0.